The SMILES string of the molecule is COC(=O)c1ccccc1-n1c(Cl)nn(C)c1=O. The van der Waals surface area contributed by atoms with E-state index >= 15 is 0 Å². The first kappa shape index (κ1) is 12.4. The molecule has 0 aliphatic carbocycles. The van der Waals surface area contributed by atoms with Crippen LogP contribution in [0.2, 0.25) is 5.28 Å². The fraction of sp³-hybridized carbons (Fsp3) is 0.182. The Balaban J connectivity index is 2.72. The van der Waals surface area contributed by atoms with E-state index in [2.05, 4.69) is 9.84 Å². The molecule has 0 aliphatic heterocycles. The van der Waals surface area contributed by atoms with Gasteiger partial charge in [0.25, 0.3) is 0 Å². The lowest BCUT2D eigenvalue weighted by Gasteiger charge is -2.07. The van der Waals surface area contributed by atoms with Gasteiger partial charge in [-0.2, -0.15) is 0 Å². The second-order valence-corrected chi connectivity index (χ2v) is 3.86. The first-order valence-corrected chi connectivity index (χ1v) is 5.43. The van der Waals surface area contributed by atoms with E-state index < -0.39 is 11.7 Å². The number of methoxy groups -OCH3 is 1. The van der Waals surface area contributed by atoms with Crippen molar-refractivity contribution in [3.8, 4) is 5.69 Å². The molecular weight excluding hydrogens is 258 g/mol. The van der Waals surface area contributed by atoms with Crippen molar-refractivity contribution >= 4 is 17.6 Å². The highest BCUT2D eigenvalue weighted by atomic mass is 35.5. The summed E-state index contributed by atoms with van der Waals surface area (Å²) in [7, 11) is 2.75. The maximum Gasteiger partial charge on any atom is 0.351 e. The second-order valence-electron chi connectivity index (χ2n) is 3.52. The van der Waals surface area contributed by atoms with Gasteiger partial charge >= 0.3 is 11.7 Å². The van der Waals surface area contributed by atoms with Crippen LogP contribution in [0.5, 0.6) is 0 Å². The fourth-order valence-electron chi connectivity index (χ4n) is 1.59. The molecule has 0 amide bonds. The predicted molar refractivity (Wildman–Crippen MR) is 65.2 cm³/mol. The molecule has 0 radical (unpaired) electrons. The third-order valence-electron chi connectivity index (χ3n) is 2.44. The van der Waals surface area contributed by atoms with E-state index in [1.165, 1.54) is 14.2 Å². The Morgan fingerprint density at radius 2 is 2.06 bits per heavy atom. The lowest BCUT2D eigenvalue weighted by Crippen LogP contribution is -2.23. The minimum Gasteiger partial charge on any atom is -0.465 e. The summed E-state index contributed by atoms with van der Waals surface area (Å²) >= 11 is 5.88. The van der Waals surface area contributed by atoms with Crippen molar-refractivity contribution in [2.45, 2.75) is 0 Å². The van der Waals surface area contributed by atoms with Crippen LogP contribution < -0.4 is 5.69 Å². The minimum absolute atomic E-state index is 0.0150. The summed E-state index contributed by atoms with van der Waals surface area (Å²) in [5.74, 6) is -0.544. The largest absolute Gasteiger partial charge is 0.465 e. The Kier molecular flexibility index (Phi) is 3.20. The van der Waals surface area contributed by atoms with E-state index in [1.807, 2.05) is 0 Å². The molecule has 1 aromatic carbocycles. The number of rotatable bonds is 2. The number of nitrogens with zero attached hydrogens (tertiary/aromatic N) is 3. The molecule has 0 saturated carbocycles. The van der Waals surface area contributed by atoms with Crippen LogP contribution in [0.15, 0.2) is 29.1 Å². The Bertz CT molecular complexity index is 660. The molecule has 0 unspecified atom stereocenters. The van der Waals surface area contributed by atoms with Gasteiger partial charge in [-0.15, -0.1) is 5.10 Å². The molecule has 18 heavy (non-hydrogen) atoms. The molecule has 0 spiro atoms. The molecule has 7 heteroatoms. The Morgan fingerprint density at radius 1 is 1.39 bits per heavy atom. The highest BCUT2D eigenvalue weighted by molar-refractivity contribution is 6.28. The summed E-state index contributed by atoms with van der Waals surface area (Å²) in [4.78, 5) is 23.5. The number of halogens is 1. The quantitative estimate of drug-likeness (QED) is 0.762. The van der Waals surface area contributed by atoms with Crippen LogP contribution in [0.1, 0.15) is 10.4 Å². The number of hydrogen-bond acceptors (Lipinski definition) is 4. The average Bonchev–Trinajstić information content (AvgIpc) is 2.62. The van der Waals surface area contributed by atoms with E-state index in [-0.39, 0.29) is 10.8 Å². The molecule has 0 atom stereocenters. The number of benzene rings is 1. The topological polar surface area (TPSA) is 66.1 Å². The first-order chi connectivity index (χ1) is 8.56. The maximum absolute atomic E-state index is 11.9. The van der Waals surface area contributed by atoms with Crippen molar-refractivity contribution in [3.05, 3.63) is 45.6 Å². The summed E-state index contributed by atoms with van der Waals surface area (Å²) in [5, 5.41) is 3.78. The van der Waals surface area contributed by atoms with E-state index in [1.54, 1.807) is 24.3 Å². The molecule has 2 aromatic rings. The number of carbonyl (C=O) groups excluding carboxylic acids is 1. The number of para-hydroxylation sites is 1. The summed E-state index contributed by atoms with van der Waals surface area (Å²) < 4.78 is 6.90. The van der Waals surface area contributed by atoms with Crippen molar-refractivity contribution in [3.63, 3.8) is 0 Å². The lowest BCUT2D eigenvalue weighted by molar-refractivity contribution is 0.0600. The van der Waals surface area contributed by atoms with Crippen molar-refractivity contribution in [1.29, 1.82) is 0 Å². The van der Waals surface area contributed by atoms with E-state index in [0.717, 1.165) is 9.25 Å². The predicted octanol–water partition coefficient (Wildman–Crippen LogP) is 1.01. The summed E-state index contributed by atoms with van der Waals surface area (Å²) in [6.45, 7) is 0. The lowest BCUT2D eigenvalue weighted by atomic mass is 10.2. The monoisotopic (exact) mass is 267 g/mol. The Labute approximate surface area is 107 Å². The van der Waals surface area contributed by atoms with Crippen molar-refractivity contribution in [1.82, 2.24) is 14.3 Å². The van der Waals surface area contributed by atoms with Gasteiger partial charge in [0, 0.05) is 7.05 Å². The summed E-state index contributed by atoms with van der Waals surface area (Å²) in [6.07, 6.45) is 0. The summed E-state index contributed by atoms with van der Waals surface area (Å²) in [6, 6.07) is 6.51. The number of carbonyl (C=O) groups is 1. The van der Waals surface area contributed by atoms with Crippen LogP contribution in [0, 0.1) is 0 Å². The molecule has 0 N–H and O–H groups in total. The molecule has 94 valence electrons. The zero-order valence-electron chi connectivity index (χ0n) is 9.75. The van der Waals surface area contributed by atoms with Gasteiger partial charge in [0.05, 0.1) is 18.4 Å². The van der Waals surface area contributed by atoms with Gasteiger partial charge in [0.1, 0.15) is 0 Å². The molecule has 6 nitrogen and oxygen atoms in total. The van der Waals surface area contributed by atoms with Crippen LogP contribution in [0.3, 0.4) is 0 Å². The van der Waals surface area contributed by atoms with Crippen LogP contribution in [0.25, 0.3) is 5.69 Å². The second kappa shape index (κ2) is 4.66. The normalized spacial score (nSPS) is 10.4. The number of aryl methyl sites for hydroxylation is 1. The Hall–Kier alpha value is -2.08. The first-order valence-electron chi connectivity index (χ1n) is 5.05. The third kappa shape index (κ3) is 1.91. The Morgan fingerprint density at radius 3 is 2.61 bits per heavy atom. The third-order valence-corrected chi connectivity index (χ3v) is 2.68. The van der Waals surface area contributed by atoms with E-state index in [0.29, 0.717) is 5.69 Å². The van der Waals surface area contributed by atoms with Gasteiger partial charge in [-0.3, -0.25) is 0 Å². The van der Waals surface area contributed by atoms with Crippen molar-refractivity contribution in [2.75, 3.05) is 7.11 Å². The number of ether oxygens (including phenoxy) is 1. The van der Waals surface area contributed by atoms with Crippen molar-refractivity contribution in [2.24, 2.45) is 7.05 Å². The highest BCUT2D eigenvalue weighted by Crippen LogP contribution is 2.17. The minimum atomic E-state index is -0.544. The molecule has 0 bridgehead atoms. The van der Waals surface area contributed by atoms with Gasteiger partial charge in [-0.25, -0.2) is 18.8 Å². The van der Waals surface area contributed by atoms with Gasteiger partial charge in [0.15, 0.2) is 0 Å². The zero-order valence-corrected chi connectivity index (χ0v) is 10.5. The average molecular weight is 268 g/mol. The van der Waals surface area contributed by atoms with E-state index in [4.69, 9.17) is 11.6 Å². The molecule has 1 heterocycles. The molecule has 0 aliphatic rings. The van der Waals surface area contributed by atoms with Gasteiger partial charge in [-0.05, 0) is 23.7 Å². The summed E-state index contributed by atoms with van der Waals surface area (Å²) in [5.41, 5.74) is 0.154. The van der Waals surface area contributed by atoms with Gasteiger partial charge in [-0.1, -0.05) is 12.1 Å². The van der Waals surface area contributed by atoms with Crippen molar-refractivity contribution < 1.29 is 9.53 Å². The fourth-order valence-corrected chi connectivity index (χ4v) is 1.87. The molecule has 0 saturated heterocycles. The van der Waals surface area contributed by atoms with Crippen LogP contribution in [0.4, 0.5) is 0 Å². The molecular formula is C11H10ClN3O3. The smallest absolute Gasteiger partial charge is 0.351 e. The van der Waals surface area contributed by atoms with E-state index in [9.17, 15) is 9.59 Å². The molecule has 2 rings (SSSR count). The number of hydrogen-bond donors (Lipinski definition) is 0. The zero-order chi connectivity index (χ0) is 13.3. The van der Waals surface area contributed by atoms with Crippen LogP contribution >= 0.6 is 11.6 Å². The molecule has 1 aromatic heterocycles. The standard InChI is InChI=1S/C11H10ClN3O3/c1-14-11(17)15(10(12)13-14)8-6-4-3-5-7(8)9(16)18-2/h3-6H,1-2H3. The number of aromatic nitrogens is 3. The molecule has 0 fully saturated rings. The highest BCUT2D eigenvalue weighted by Gasteiger charge is 2.18. The van der Waals surface area contributed by atoms with Gasteiger partial charge in [0.2, 0.25) is 5.28 Å². The van der Waals surface area contributed by atoms with Crippen LogP contribution in [-0.2, 0) is 11.8 Å². The maximum atomic E-state index is 11.9. The number of esters is 1. The van der Waals surface area contributed by atoms with Crippen LogP contribution in [-0.4, -0.2) is 27.4 Å². The van der Waals surface area contributed by atoms with Gasteiger partial charge < -0.3 is 4.74 Å².